The molecular weight excluding hydrogens is 263 g/mol. The first-order valence-electron chi connectivity index (χ1n) is 3.88. The summed E-state index contributed by atoms with van der Waals surface area (Å²) in [6.45, 7) is 0. The Kier molecular flexibility index (Phi) is 2.43. The van der Waals surface area contributed by atoms with Crippen LogP contribution in [0, 0.1) is 11.3 Å². The van der Waals surface area contributed by atoms with E-state index in [0.717, 1.165) is 10.9 Å². The van der Waals surface area contributed by atoms with E-state index < -0.39 is 0 Å². The topological polar surface area (TPSA) is 36.7 Å². The fraction of sp³-hybridized carbons (Fsp3) is 0. The number of hydrogen-bond acceptors (Lipinski definition) is 2. The third-order valence-electron chi connectivity index (χ3n) is 1.87. The number of benzene rings is 1. The van der Waals surface area contributed by atoms with Crippen LogP contribution in [0.4, 0.5) is 0 Å². The molecule has 14 heavy (non-hydrogen) atoms. The quantitative estimate of drug-likeness (QED) is 0.679. The van der Waals surface area contributed by atoms with Crippen LogP contribution in [-0.4, -0.2) is 21.0 Å². The van der Waals surface area contributed by atoms with Gasteiger partial charge in [0.25, 0.3) is 0 Å². The Hall–Kier alpha value is -1.07. The summed E-state index contributed by atoms with van der Waals surface area (Å²) in [7, 11) is 0. The maximum absolute atomic E-state index is 8.80. The van der Waals surface area contributed by atoms with E-state index in [1.165, 1.54) is 0 Å². The first-order chi connectivity index (χ1) is 6.70. The second kappa shape index (κ2) is 3.59. The standard InChI is InChI=1S/C10H4ClN2Se/c11-8-2-1-6-3-7(5-12)10(14)13-9(6)4-8/h1-4H. The van der Waals surface area contributed by atoms with Crippen molar-refractivity contribution in [3.05, 3.63) is 34.9 Å². The van der Waals surface area contributed by atoms with Gasteiger partial charge in [-0.05, 0) is 0 Å². The molecule has 0 saturated carbocycles. The van der Waals surface area contributed by atoms with Gasteiger partial charge >= 0.3 is 94.3 Å². The second-order valence-electron chi connectivity index (χ2n) is 2.79. The van der Waals surface area contributed by atoms with Gasteiger partial charge in [0.15, 0.2) is 0 Å². The molecule has 1 aromatic carbocycles. The van der Waals surface area contributed by atoms with Gasteiger partial charge in [-0.3, -0.25) is 0 Å². The van der Waals surface area contributed by atoms with Crippen LogP contribution in [0.2, 0.25) is 5.02 Å². The summed E-state index contributed by atoms with van der Waals surface area (Å²) in [6, 6.07) is 9.28. The minimum absolute atomic E-state index is 0.555. The van der Waals surface area contributed by atoms with E-state index in [4.69, 9.17) is 16.9 Å². The average Bonchev–Trinajstić information content (AvgIpc) is 2.16. The van der Waals surface area contributed by atoms with Crippen LogP contribution >= 0.6 is 11.6 Å². The molecule has 2 aromatic rings. The summed E-state index contributed by atoms with van der Waals surface area (Å²) in [4.78, 5) is 4.24. The number of nitriles is 1. The molecule has 0 amide bonds. The molecule has 0 unspecified atom stereocenters. The molecule has 0 spiro atoms. The Morgan fingerprint density at radius 2 is 2.14 bits per heavy atom. The molecule has 0 fully saturated rings. The van der Waals surface area contributed by atoms with Crippen molar-refractivity contribution in [1.82, 2.24) is 4.98 Å². The molecule has 1 aromatic heterocycles. The monoisotopic (exact) mass is 267 g/mol. The Bertz CT molecular complexity index is 546. The van der Waals surface area contributed by atoms with Gasteiger partial charge < -0.3 is 0 Å². The number of hydrogen-bond donors (Lipinski definition) is 0. The molecule has 0 aliphatic rings. The van der Waals surface area contributed by atoms with Crippen LogP contribution in [0.3, 0.4) is 0 Å². The molecule has 0 saturated heterocycles. The van der Waals surface area contributed by atoms with Crippen molar-refractivity contribution in [3.63, 3.8) is 0 Å². The number of nitrogens with zero attached hydrogens (tertiary/aromatic N) is 2. The van der Waals surface area contributed by atoms with Gasteiger partial charge in [0.1, 0.15) is 0 Å². The van der Waals surface area contributed by atoms with Gasteiger partial charge in [-0.2, -0.15) is 0 Å². The minimum atomic E-state index is 0.555. The molecule has 0 aliphatic heterocycles. The van der Waals surface area contributed by atoms with E-state index in [1.54, 1.807) is 18.2 Å². The number of fused-ring (bicyclic) bond motifs is 1. The predicted molar refractivity (Wildman–Crippen MR) is 56.9 cm³/mol. The molecular formula is C10H4ClN2Se. The zero-order valence-corrected chi connectivity index (χ0v) is 9.46. The summed E-state index contributed by atoms with van der Waals surface area (Å²) in [5.41, 5.74) is 1.35. The Morgan fingerprint density at radius 3 is 2.86 bits per heavy atom. The molecule has 0 bridgehead atoms. The number of pyridine rings is 1. The molecule has 1 heterocycles. The van der Waals surface area contributed by atoms with E-state index in [2.05, 4.69) is 27.1 Å². The normalized spacial score (nSPS) is 10.0. The molecule has 0 atom stereocenters. The van der Waals surface area contributed by atoms with Crippen molar-refractivity contribution >= 4 is 43.1 Å². The number of rotatable bonds is 0. The molecule has 2 nitrogen and oxygen atoms in total. The summed E-state index contributed by atoms with van der Waals surface area (Å²) in [5.74, 6) is 0. The zero-order valence-electron chi connectivity index (χ0n) is 6.99. The third-order valence-corrected chi connectivity index (χ3v) is 2.75. The van der Waals surface area contributed by atoms with Crippen molar-refractivity contribution in [2.45, 2.75) is 0 Å². The van der Waals surface area contributed by atoms with Gasteiger partial charge in [-0.1, -0.05) is 0 Å². The van der Waals surface area contributed by atoms with Gasteiger partial charge in [0, 0.05) is 0 Å². The van der Waals surface area contributed by atoms with Crippen molar-refractivity contribution in [1.29, 1.82) is 5.26 Å². The van der Waals surface area contributed by atoms with Gasteiger partial charge in [-0.15, -0.1) is 0 Å². The molecule has 2 rings (SSSR count). The SMILES string of the molecule is N#Cc1cc2ccc(Cl)cc2nc1[Se]. The van der Waals surface area contributed by atoms with Crippen molar-refractivity contribution in [2.75, 3.05) is 0 Å². The summed E-state index contributed by atoms with van der Waals surface area (Å²) in [5, 5.41) is 10.4. The van der Waals surface area contributed by atoms with Gasteiger partial charge in [0.05, 0.1) is 0 Å². The third kappa shape index (κ3) is 1.60. The van der Waals surface area contributed by atoms with Crippen LogP contribution in [0.15, 0.2) is 24.3 Å². The van der Waals surface area contributed by atoms with Gasteiger partial charge in [0.2, 0.25) is 0 Å². The average molecular weight is 267 g/mol. The fourth-order valence-corrected chi connectivity index (χ4v) is 1.79. The Morgan fingerprint density at radius 1 is 1.36 bits per heavy atom. The Labute approximate surface area is 94.3 Å². The fourth-order valence-electron chi connectivity index (χ4n) is 1.20. The second-order valence-corrected chi connectivity index (χ2v) is 4.04. The zero-order chi connectivity index (χ0) is 10.1. The first kappa shape index (κ1) is 9.48. The maximum atomic E-state index is 8.80. The molecule has 1 radical (unpaired) electrons. The summed E-state index contributed by atoms with van der Waals surface area (Å²) in [6.07, 6.45) is 0. The van der Waals surface area contributed by atoms with Crippen LogP contribution in [0.25, 0.3) is 10.9 Å². The molecule has 0 N–H and O–H groups in total. The van der Waals surface area contributed by atoms with E-state index >= 15 is 0 Å². The molecule has 4 heteroatoms. The molecule has 67 valence electrons. The van der Waals surface area contributed by atoms with Crippen LogP contribution in [0.5, 0.6) is 0 Å². The van der Waals surface area contributed by atoms with E-state index in [9.17, 15) is 0 Å². The Balaban J connectivity index is 2.81. The predicted octanol–water partition coefficient (Wildman–Crippen LogP) is 1.55. The van der Waals surface area contributed by atoms with Crippen molar-refractivity contribution < 1.29 is 0 Å². The van der Waals surface area contributed by atoms with Crippen molar-refractivity contribution in [3.8, 4) is 6.07 Å². The van der Waals surface area contributed by atoms with E-state index in [-0.39, 0.29) is 0 Å². The number of halogens is 1. The van der Waals surface area contributed by atoms with Crippen molar-refractivity contribution in [2.24, 2.45) is 0 Å². The van der Waals surface area contributed by atoms with Gasteiger partial charge in [-0.25, -0.2) is 0 Å². The van der Waals surface area contributed by atoms with Crippen LogP contribution in [0.1, 0.15) is 5.56 Å². The molecule has 0 aliphatic carbocycles. The van der Waals surface area contributed by atoms with Crippen LogP contribution in [-0.2, 0) is 0 Å². The first-order valence-corrected chi connectivity index (χ1v) is 5.11. The van der Waals surface area contributed by atoms with E-state index in [0.29, 0.717) is 15.2 Å². The summed E-state index contributed by atoms with van der Waals surface area (Å²) >= 11 is 8.59. The van der Waals surface area contributed by atoms with Crippen LogP contribution < -0.4 is 4.59 Å². The summed E-state index contributed by atoms with van der Waals surface area (Å²) < 4.78 is 0.613. The number of aromatic nitrogens is 1. The van der Waals surface area contributed by atoms with E-state index in [1.807, 2.05) is 6.07 Å².